The van der Waals surface area contributed by atoms with Crippen LogP contribution in [0.25, 0.3) is 5.76 Å². The number of ether oxygens (including phenoxy) is 1. The van der Waals surface area contributed by atoms with Gasteiger partial charge in [-0.3, -0.25) is 9.59 Å². The number of carbonyl (C=O) groups is 2. The third kappa shape index (κ3) is 4.85. The summed E-state index contributed by atoms with van der Waals surface area (Å²) >= 11 is 0. The molecule has 1 aromatic heterocycles. The second kappa shape index (κ2) is 10.3. The Labute approximate surface area is 197 Å². The van der Waals surface area contributed by atoms with Gasteiger partial charge in [0.2, 0.25) is 0 Å². The molecular formula is C26H26FN3O4. The lowest BCUT2D eigenvalue weighted by Gasteiger charge is -2.25. The number of nitrogens with zero attached hydrogens (tertiary/aromatic N) is 3. The van der Waals surface area contributed by atoms with Gasteiger partial charge in [-0.15, -0.1) is 0 Å². The molecule has 2 aromatic carbocycles. The molecule has 1 fully saturated rings. The number of halogens is 1. The monoisotopic (exact) mass is 463 g/mol. The van der Waals surface area contributed by atoms with Crippen LogP contribution in [0.2, 0.25) is 0 Å². The first-order valence-corrected chi connectivity index (χ1v) is 11.2. The summed E-state index contributed by atoms with van der Waals surface area (Å²) < 4.78 is 21.1. The van der Waals surface area contributed by atoms with Crippen LogP contribution in [0.5, 0.6) is 5.75 Å². The summed E-state index contributed by atoms with van der Waals surface area (Å²) in [5.41, 5.74) is 0.932. The van der Waals surface area contributed by atoms with Crippen LogP contribution in [-0.2, 0) is 16.1 Å². The van der Waals surface area contributed by atoms with Gasteiger partial charge in [0.1, 0.15) is 17.3 Å². The second-order valence-corrected chi connectivity index (χ2v) is 8.07. The SMILES string of the molecule is CCCOc1ccc(/C(O)=C2\C(=O)C(=O)N(CCCn3ccnc3)C2c2ccc(F)cc2)cc1. The number of rotatable bonds is 9. The zero-order valence-electron chi connectivity index (χ0n) is 18.9. The average Bonchev–Trinajstić information content (AvgIpc) is 3.45. The van der Waals surface area contributed by atoms with Gasteiger partial charge < -0.3 is 19.3 Å². The molecule has 1 aliphatic heterocycles. The number of hydrogen-bond acceptors (Lipinski definition) is 5. The van der Waals surface area contributed by atoms with E-state index in [-0.39, 0.29) is 17.9 Å². The number of aromatic nitrogens is 2. The Bertz CT molecular complexity index is 1170. The van der Waals surface area contributed by atoms with Crippen molar-refractivity contribution in [3.63, 3.8) is 0 Å². The summed E-state index contributed by atoms with van der Waals surface area (Å²) in [5.74, 6) is -1.51. The molecule has 3 aromatic rings. The fourth-order valence-electron chi connectivity index (χ4n) is 4.03. The first kappa shape index (κ1) is 23.2. The molecule has 0 spiro atoms. The number of aliphatic hydroxyl groups is 1. The quantitative estimate of drug-likeness (QED) is 0.290. The van der Waals surface area contributed by atoms with E-state index >= 15 is 0 Å². The van der Waals surface area contributed by atoms with Crippen molar-refractivity contribution in [3.8, 4) is 5.75 Å². The molecule has 7 nitrogen and oxygen atoms in total. The highest BCUT2D eigenvalue weighted by molar-refractivity contribution is 6.46. The minimum atomic E-state index is -0.820. The van der Waals surface area contributed by atoms with E-state index in [0.29, 0.717) is 36.4 Å². The lowest BCUT2D eigenvalue weighted by atomic mass is 9.95. The molecule has 176 valence electrons. The van der Waals surface area contributed by atoms with Crippen molar-refractivity contribution < 1.29 is 23.8 Å². The molecular weight excluding hydrogens is 437 g/mol. The van der Waals surface area contributed by atoms with Gasteiger partial charge in [-0.1, -0.05) is 19.1 Å². The number of aryl methyl sites for hydroxylation is 1. The third-order valence-corrected chi connectivity index (χ3v) is 5.70. The van der Waals surface area contributed by atoms with Crippen molar-refractivity contribution in [2.24, 2.45) is 0 Å². The number of Topliss-reactive ketones (excluding diaryl/α,β-unsaturated/α-hetero) is 1. The highest BCUT2D eigenvalue weighted by Gasteiger charge is 2.45. The van der Waals surface area contributed by atoms with Crippen molar-refractivity contribution in [2.75, 3.05) is 13.2 Å². The van der Waals surface area contributed by atoms with Crippen molar-refractivity contribution in [1.29, 1.82) is 0 Å². The molecule has 0 aliphatic carbocycles. The zero-order valence-corrected chi connectivity index (χ0v) is 18.9. The molecule has 34 heavy (non-hydrogen) atoms. The molecule has 1 saturated heterocycles. The van der Waals surface area contributed by atoms with E-state index in [4.69, 9.17) is 4.74 Å². The lowest BCUT2D eigenvalue weighted by molar-refractivity contribution is -0.139. The first-order valence-electron chi connectivity index (χ1n) is 11.2. The van der Waals surface area contributed by atoms with Gasteiger partial charge in [0, 0.05) is 31.0 Å². The van der Waals surface area contributed by atoms with E-state index in [1.165, 1.54) is 29.2 Å². The molecule has 4 rings (SSSR count). The fraction of sp³-hybridized carbons (Fsp3) is 0.269. The molecule has 0 saturated carbocycles. The summed E-state index contributed by atoms with van der Waals surface area (Å²) in [5, 5.41) is 11.1. The van der Waals surface area contributed by atoms with Crippen LogP contribution in [-0.4, -0.2) is 44.4 Å². The Morgan fingerprint density at radius 2 is 1.82 bits per heavy atom. The second-order valence-electron chi connectivity index (χ2n) is 8.07. The van der Waals surface area contributed by atoms with Crippen molar-refractivity contribution in [2.45, 2.75) is 32.4 Å². The number of amides is 1. The van der Waals surface area contributed by atoms with Crippen LogP contribution < -0.4 is 4.74 Å². The first-order chi connectivity index (χ1) is 16.5. The maximum Gasteiger partial charge on any atom is 0.295 e. The van der Waals surface area contributed by atoms with Crippen LogP contribution >= 0.6 is 0 Å². The Balaban J connectivity index is 1.67. The Kier molecular flexibility index (Phi) is 7.06. The number of ketones is 1. The van der Waals surface area contributed by atoms with E-state index in [9.17, 15) is 19.1 Å². The maximum absolute atomic E-state index is 13.6. The van der Waals surface area contributed by atoms with Gasteiger partial charge in [-0.2, -0.15) is 0 Å². The Morgan fingerprint density at radius 3 is 2.47 bits per heavy atom. The van der Waals surface area contributed by atoms with Crippen LogP contribution in [0, 0.1) is 5.82 Å². The molecule has 0 radical (unpaired) electrons. The van der Waals surface area contributed by atoms with Crippen molar-refractivity contribution in [3.05, 3.63) is 89.8 Å². The van der Waals surface area contributed by atoms with Crippen molar-refractivity contribution in [1.82, 2.24) is 14.5 Å². The van der Waals surface area contributed by atoms with Crippen LogP contribution in [0.1, 0.15) is 36.9 Å². The summed E-state index contributed by atoms with van der Waals surface area (Å²) in [6.07, 6.45) is 6.61. The molecule has 2 heterocycles. The smallest absolute Gasteiger partial charge is 0.295 e. The van der Waals surface area contributed by atoms with E-state index in [1.807, 2.05) is 17.7 Å². The number of benzene rings is 2. The third-order valence-electron chi connectivity index (χ3n) is 5.70. The minimum Gasteiger partial charge on any atom is -0.507 e. The summed E-state index contributed by atoms with van der Waals surface area (Å²) in [4.78, 5) is 31.5. The number of likely N-dealkylation sites (tertiary alicyclic amines) is 1. The molecule has 1 aliphatic rings. The number of imidazole rings is 1. The summed E-state index contributed by atoms with van der Waals surface area (Å²) in [7, 11) is 0. The number of hydrogen-bond donors (Lipinski definition) is 1. The standard InChI is InChI=1S/C26H26FN3O4/c1-2-16-34-21-10-6-19(7-11-21)24(31)22-23(18-4-8-20(27)9-5-18)30(26(33)25(22)32)14-3-13-29-15-12-28-17-29/h4-12,15,17,23,31H,2-3,13-14,16H2,1H3/b24-22+. The molecule has 1 atom stereocenters. The van der Waals surface area contributed by atoms with Gasteiger partial charge in [-0.05, 0) is 54.8 Å². The van der Waals surface area contributed by atoms with E-state index < -0.39 is 23.5 Å². The van der Waals surface area contributed by atoms with E-state index in [1.54, 1.807) is 36.8 Å². The fourth-order valence-corrected chi connectivity index (χ4v) is 4.03. The molecule has 8 heteroatoms. The lowest BCUT2D eigenvalue weighted by Crippen LogP contribution is -2.31. The maximum atomic E-state index is 13.6. The number of carbonyl (C=O) groups excluding carboxylic acids is 2. The summed E-state index contributed by atoms with van der Waals surface area (Å²) in [6.45, 7) is 3.47. The largest absolute Gasteiger partial charge is 0.507 e. The van der Waals surface area contributed by atoms with Crippen LogP contribution in [0.15, 0.2) is 72.8 Å². The topological polar surface area (TPSA) is 84.7 Å². The number of aliphatic hydroxyl groups excluding tert-OH is 1. The Hall–Kier alpha value is -3.94. The minimum absolute atomic E-state index is 0.0125. The molecule has 1 N–H and O–H groups in total. The van der Waals surface area contributed by atoms with E-state index in [2.05, 4.69) is 4.98 Å². The molecule has 1 amide bonds. The average molecular weight is 464 g/mol. The van der Waals surface area contributed by atoms with Gasteiger partial charge in [0.15, 0.2) is 0 Å². The highest BCUT2D eigenvalue weighted by Crippen LogP contribution is 2.39. The van der Waals surface area contributed by atoms with Gasteiger partial charge >= 0.3 is 0 Å². The normalized spacial score (nSPS) is 17.4. The Morgan fingerprint density at radius 1 is 1.09 bits per heavy atom. The zero-order chi connectivity index (χ0) is 24.1. The predicted molar refractivity (Wildman–Crippen MR) is 124 cm³/mol. The van der Waals surface area contributed by atoms with Gasteiger partial charge in [0.25, 0.3) is 11.7 Å². The van der Waals surface area contributed by atoms with Crippen LogP contribution in [0.3, 0.4) is 0 Å². The van der Waals surface area contributed by atoms with Crippen molar-refractivity contribution >= 4 is 17.4 Å². The molecule has 1 unspecified atom stereocenters. The summed E-state index contributed by atoms with van der Waals surface area (Å²) in [6, 6.07) is 11.5. The predicted octanol–water partition coefficient (Wildman–Crippen LogP) is 4.32. The highest BCUT2D eigenvalue weighted by atomic mass is 19.1. The van der Waals surface area contributed by atoms with E-state index in [0.717, 1.165) is 6.42 Å². The van der Waals surface area contributed by atoms with Gasteiger partial charge in [-0.25, -0.2) is 9.37 Å². The molecule has 0 bridgehead atoms. The van der Waals surface area contributed by atoms with Crippen LogP contribution in [0.4, 0.5) is 4.39 Å². The van der Waals surface area contributed by atoms with Gasteiger partial charge in [0.05, 0.1) is 24.5 Å².